The van der Waals surface area contributed by atoms with Crippen molar-refractivity contribution in [2.24, 2.45) is 5.92 Å². The Morgan fingerprint density at radius 1 is 1.06 bits per heavy atom. The van der Waals surface area contributed by atoms with Crippen molar-refractivity contribution in [3.8, 4) is 0 Å². The van der Waals surface area contributed by atoms with E-state index in [9.17, 15) is 0 Å². The predicted octanol–water partition coefficient (Wildman–Crippen LogP) is 3.67. The molecule has 0 spiro atoms. The van der Waals surface area contributed by atoms with Crippen LogP contribution in [-0.4, -0.2) is 13.1 Å². The number of hydrogen-bond acceptors (Lipinski definition) is 1. The summed E-state index contributed by atoms with van der Waals surface area (Å²) < 4.78 is 0. The zero-order valence-electron chi connectivity index (χ0n) is 10.8. The van der Waals surface area contributed by atoms with Gasteiger partial charge in [0.15, 0.2) is 0 Å². The molecule has 1 aliphatic heterocycles. The van der Waals surface area contributed by atoms with E-state index < -0.39 is 0 Å². The zero-order chi connectivity index (χ0) is 11.7. The van der Waals surface area contributed by atoms with Crippen molar-refractivity contribution >= 4 is 0 Å². The van der Waals surface area contributed by atoms with Gasteiger partial charge in [-0.25, -0.2) is 0 Å². The van der Waals surface area contributed by atoms with Crippen molar-refractivity contribution < 1.29 is 0 Å². The van der Waals surface area contributed by atoms with E-state index in [1.54, 1.807) is 11.1 Å². The Morgan fingerprint density at radius 3 is 2.47 bits per heavy atom. The first-order chi connectivity index (χ1) is 8.36. The van der Waals surface area contributed by atoms with E-state index in [1.165, 1.54) is 38.8 Å². The highest BCUT2D eigenvalue weighted by molar-refractivity contribution is 5.36. The van der Waals surface area contributed by atoms with E-state index >= 15 is 0 Å². The maximum Gasteiger partial charge on any atom is -0.00461 e. The normalized spacial score (nSPS) is 23.6. The maximum atomic E-state index is 3.47. The fraction of sp³-hybridized carbons (Fsp3) is 0.625. The van der Waals surface area contributed by atoms with Gasteiger partial charge in [-0.3, -0.25) is 0 Å². The molecule has 1 aliphatic carbocycles. The average Bonchev–Trinajstić information content (AvgIpc) is 3.23. The molecular formula is C16H23N. The van der Waals surface area contributed by atoms with Crippen LogP contribution >= 0.6 is 0 Å². The molecule has 1 aromatic carbocycles. The molecule has 1 unspecified atom stereocenters. The lowest BCUT2D eigenvalue weighted by molar-refractivity contribution is 0.329. The van der Waals surface area contributed by atoms with Crippen molar-refractivity contribution in [2.45, 2.75) is 44.4 Å². The Hall–Kier alpha value is -0.820. The summed E-state index contributed by atoms with van der Waals surface area (Å²) in [5.74, 6) is 2.51. The molecule has 1 saturated heterocycles. The first-order valence-electron chi connectivity index (χ1n) is 7.16. The van der Waals surface area contributed by atoms with Crippen LogP contribution in [-0.2, 0) is 0 Å². The van der Waals surface area contributed by atoms with Crippen molar-refractivity contribution in [3.63, 3.8) is 0 Å². The van der Waals surface area contributed by atoms with Crippen LogP contribution < -0.4 is 5.32 Å². The van der Waals surface area contributed by atoms with Crippen LogP contribution in [0.1, 0.15) is 55.6 Å². The van der Waals surface area contributed by atoms with Crippen molar-refractivity contribution in [1.82, 2.24) is 5.32 Å². The van der Waals surface area contributed by atoms with Crippen LogP contribution in [0, 0.1) is 5.92 Å². The Kier molecular flexibility index (Phi) is 3.19. The Balaban J connectivity index is 1.81. The Morgan fingerprint density at radius 2 is 1.76 bits per heavy atom. The molecule has 1 heterocycles. The fourth-order valence-electron chi connectivity index (χ4n) is 3.29. The van der Waals surface area contributed by atoms with Crippen LogP contribution in [0.3, 0.4) is 0 Å². The molecule has 0 radical (unpaired) electrons. The summed E-state index contributed by atoms with van der Waals surface area (Å²) >= 11 is 0. The summed E-state index contributed by atoms with van der Waals surface area (Å²) in [7, 11) is 0. The zero-order valence-corrected chi connectivity index (χ0v) is 10.8. The maximum absolute atomic E-state index is 3.47. The van der Waals surface area contributed by atoms with Crippen LogP contribution in [0.15, 0.2) is 24.3 Å². The minimum absolute atomic E-state index is 0.744. The highest BCUT2D eigenvalue weighted by atomic mass is 14.9. The quantitative estimate of drug-likeness (QED) is 0.834. The largest absolute Gasteiger partial charge is 0.317 e. The van der Waals surface area contributed by atoms with Crippen LogP contribution in [0.2, 0.25) is 0 Å². The standard InChI is InChI=1S/C16H23N/c1-12(13-8-10-17-11-9-13)15-4-2-3-5-16(15)14-6-7-14/h2-5,12-14,17H,6-11H2,1H3. The van der Waals surface area contributed by atoms with Crippen molar-refractivity contribution in [2.75, 3.05) is 13.1 Å². The first-order valence-corrected chi connectivity index (χ1v) is 7.16. The summed E-state index contributed by atoms with van der Waals surface area (Å²) in [4.78, 5) is 0. The van der Waals surface area contributed by atoms with Gasteiger partial charge in [-0.2, -0.15) is 0 Å². The van der Waals surface area contributed by atoms with Gasteiger partial charge in [0.2, 0.25) is 0 Å². The third-order valence-electron chi connectivity index (χ3n) is 4.59. The molecule has 2 aliphatic rings. The lowest BCUT2D eigenvalue weighted by Crippen LogP contribution is -2.30. The van der Waals surface area contributed by atoms with Gasteiger partial charge in [-0.15, -0.1) is 0 Å². The van der Waals surface area contributed by atoms with E-state index in [2.05, 4.69) is 36.5 Å². The Bertz CT molecular complexity index is 375. The van der Waals surface area contributed by atoms with E-state index in [0.29, 0.717) is 0 Å². The van der Waals surface area contributed by atoms with Gasteiger partial charge < -0.3 is 5.32 Å². The van der Waals surface area contributed by atoms with Crippen LogP contribution in [0.4, 0.5) is 0 Å². The SMILES string of the molecule is CC(c1ccccc1C1CC1)C1CCNCC1. The molecule has 0 amide bonds. The molecule has 2 fully saturated rings. The van der Waals surface area contributed by atoms with Crippen LogP contribution in [0.5, 0.6) is 0 Å². The molecule has 1 heteroatoms. The summed E-state index contributed by atoms with van der Waals surface area (Å²) in [5.41, 5.74) is 3.29. The molecule has 92 valence electrons. The molecular weight excluding hydrogens is 206 g/mol. The van der Waals surface area contributed by atoms with Gasteiger partial charge in [-0.1, -0.05) is 31.2 Å². The third kappa shape index (κ3) is 2.40. The lowest BCUT2D eigenvalue weighted by Gasteiger charge is -2.29. The molecule has 0 bridgehead atoms. The molecule has 1 N–H and O–H groups in total. The van der Waals surface area contributed by atoms with Gasteiger partial charge in [0.25, 0.3) is 0 Å². The Labute approximate surface area is 105 Å². The molecule has 1 aromatic rings. The number of piperidine rings is 1. The molecule has 3 rings (SSSR count). The van der Waals surface area contributed by atoms with E-state index in [0.717, 1.165) is 17.8 Å². The monoisotopic (exact) mass is 229 g/mol. The molecule has 17 heavy (non-hydrogen) atoms. The van der Waals surface area contributed by atoms with E-state index in [1.807, 2.05) is 0 Å². The second-order valence-corrected chi connectivity index (χ2v) is 5.78. The van der Waals surface area contributed by atoms with Gasteiger partial charge in [0.05, 0.1) is 0 Å². The van der Waals surface area contributed by atoms with Gasteiger partial charge in [-0.05, 0) is 67.7 Å². The third-order valence-corrected chi connectivity index (χ3v) is 4.59. The summed E-state index contributed by atoms with van der Waals surface area (Å²) in [6.45, 7) is 4.86. The smallest absolute Gasteiger partial charge is 0.00461 e. The van der Waals surface area contributed by atoms with Crippen molar-refractivity contribution in [3.05, 3.63) is 35.4 Å². The van der Waals surface area contributed by atoms with Crippen molar-refractivity contribution in [1.29, 1.82) is 0 Å². The highest BCUT2D eigenvalue weighted by Gasteiger charge is 2.29. The van der Waals surface area contributed by atoms with Gasteiger partial charge in [0.1, 0.15) is 0 Å². The molecule has 1 nitrogen and oxygen atoms in total. The average molecular weight is 229 g/mol. The number of benzene rings is 1. The molecule has 0 aromatic heterocycles. The second kappa shape index (κ2) is 4.81. The highest BCUT2D eigenvalue weighted by Crippen LogP contribution is 2.44. The summed E-state index contributed by atoms with van der Waals surface area (Å²) in [6.07, 6.45) is 5.52. The van der Waals surface area contributed by atoms with E-state index in [-0.39, 0.29) is 0 Å². The van der Waals surface area contributed by atoms with Gasteiger partial charge >= 0.3 is 0 Å². The summed E-state index contributed by atoms with van der Waals surface area (Å²) in [6, 6.07) is 9.18. The number of hydrogen-bond donors (Lipinski definition) is 1. The minimum Gasteiger partial charge on any atom is -0.317 e. The minimum atomic E-state index is 0.744. The number of nitrogens with one attached hydrogen (secondary N) is 1. The topological polar surface area (TPSA) is 12.0 Å². The first kappa shape index (κ1) is 11.3. The summed E-state index contributed by atoms with van der Waals surface area (Å²) in [5, 5.41) is 3.47. The second-order valence-electron chi connectivity index (χ2n) is 5.78. The predicted molar refractivity (Wildman–Crippen MR) is 72.4 cm³/mol. The number of rotatable bonds is 3. The van der Waals surface area contributed by atoms with Gasteiger partial charge in [0, 0.05) is 0 Å². The van der Waals surface area contributed by atoms with E-state index in [4.69, 9.17) is 0 Å². The lowest BCUT2D eigenvalue weighted by atomic mass is 9.79. The fourth-order valence-corrected chi connectivity index (χ4v) is 3.29. The van der Waals surface area contributed by atoms with Crippen LogP contribution in [0.25, 0.3) is 0 Å². The molecule has 1 saturated carbocycles. The molecule has 1 atom stereocenters.